The summed E-state index contributed by atoms with van der Waals surface area (Å²) in [4.78, 5) is 26.4. The van der Waals surface area contributed by atoms with Crippen molar-refractivity contribution >= 4 is 23.3 Å². The van der Waals surface area contributed by atoms with Crippen LogP contribution in [-0.2, 0) is 16.9 Å². The molecule has 1 saturated heterocycles. The molecule has 2 aromatic heterocycles. The number of benzene rings is 1. The SMILES string of the molecule is C[C@@]1(c2ccsc2)NC(=O)N(Cc2nnnn2-c2ccccc2)C1=O. The number of hydrogen-bond donors (Lipinski definition) is 1. The smallest absolute Gasteiger partial charge is 0.319 e. The minimum Gasteiger partial charge on any atom is -0.319 e. The maximum Gasteiger partial charge on any atom is 0.325 e. The third-order valence-corrected chi connectivity index (χ3v) is 4.89. The van der Waals surface area contributed by atoms with Crippen molar-refractivity contribution in [2.75, 3.05) is 0 Å². The number of amides is 3. The normalized spacial score (nSPS) is 20.1. The van der Waals surface area contributed by atoms with Crippen LogP contribution in [0.3, 0.4) is 0 Å². The molecular formula is C16H14N6O2S. The Bertz CT molecular complexity index is 923. The molecule has 1 atom stereocenters. The predicted molar refractivity (Wildman–Crippen MR) is 89.9 cm³/mol. The van der Waals surface area contributed by atoms with Crippen LogP contribution in [0.15, 0.2) is 47.2 Å². The van der Waals surface area contributed by atoms with Crippen molar-refractivity contribution in [1.82, 2.24) is 30.4 Å². The number of tetrazole rings is 1. The van der Waals surface area contributed by atoms with E-state index in [0.29, 0.717) is 5.82 Å². The second-order valence-electron chi connectivity index (χ2n) is 5.80. The van der Waals surface area contributed by atoms with Crippen molar-refractivity contribution in [1.29, 1.82) is 0 Å². The van der Waals surface area contributed by atoms with Gasteiger partial charge in [-0.05, 0) is 51.9 Å². The van der Waals surface area contributed by atoms with Crippen LogP contribution >= 0.6 is 11.3 Å². The van der Waals surface area contributed by atoms with Gasteiger partial charge in [-0.2, -0.15) is 16.0 Å². The van der Waals surface area contributed by atoms with Crippen molar-refractivity contribution in [3.8, 4) is 5.69 Å². The van der Waals surface area contributed by atoms with Gasteiger partial charge in [0.15, 0.2) is 5.82 Å². The minimum atomic E-state index is -1.07. The van der Waals surface area contributed by atoms with E-state index in [0.717, 1.165) is 16.2 Å². The average molecular weight is 354 g/mol. The molecule has 0 aliphatic carbocycles. The monoisotopic (exact) mass is 354 g/mol. The second-order valence-corrected chi connectivity index (χ2v) is 6.58. The molecule has 0 radical (unpaired) electrons. The van der Waals surface area contributed by atoms with Crippen molar-refractivity contribution in [2.24, 2.45) is 0 Å². The highest BCUT2D eigenvalue weighted by Gasteiger charge is 2.49. The van der Waals surface area contributed by atoms with Gasteiger partial charge in [-0.25, -0.2) is 4.79 Å². The molecule has 1 aliphatic heterocycles. The zero-order valence-electron chi connectivity index (χ0n) is 13.3. The topological polar surface area (TPSA) is 93.0 Å². The van der Waals surface area contributed by atoms with Crippen LogP contribution in [0.1, 0.15) is 18.3 Å². The summed E-state index contributed by atoms with van der Waals surface area (Å²) in [5.41, 5.74) is 0.457. The van der Waals surface area contributed by atoms with Gasteiger partial charge in [0.1, 0.15) is 5.54 Å². The van der Waals surface area contributed by atoms with E-state index in [4.69, 9.17) is 0 Å². The molecule has 1 N–H and O–H groups in total. The molecule has 1 fully saturated rings. The Morgan fingerprint density at radius 3 is 2.72 bits per heavy atom. The number of carbonyl (C=O) groups excluding carboxylic acids is 2. The van der Waals surface area contributed by atoms with Crippen molar-refractivity contribution < 1.29 is 9.59 Å². The Morgan fingerprint density at radius 2 is 2.00 bits per heavy atom. The van der Waals surface area contributed by atoms with Gasteiger partial charge in [0.2, 0.25) is 0 Å². The standard InChI is InChI=1S/C16H14N6O2S/c1-16(11-7-8-25-10-11)14(23)21(15(24)17-16)9-13-18-19-20-22(13)12-5-3-2-4-6-12/h2-8,10H,9H2,1H3,(H,17,24)/t16-/m0/s1. The minimum absolute atomic E-state index is 0.00765. The van der Waals surface area contributed by atoms with E-state index in [2.05, 4.69) is 20.8 Å². The first-order valence-corrected chi connectivity index (χ1v) is 8.53. The van der Waals surface area contributed by atoms with Gasteiger partial charge in [0, 0.05) is 0 Å². The number of urea groups is 1. The van der Waals surface area contributed by atoms with E-state index in [1.807, 2.05) is 47.2 Å². The summed E-state index contributed by atoms with van der Waals surface area (Å²) < 4.78 is 1.51. The number of imide groups is 1. The van der Waals surface area contributed by atoms with Crippen LogP contribution < -0.4 is 5.32 Å². The molecule has 0 spiro atoms. The highest BCUT2D eigenvalue weighted by Crippen LogP contribution is 2.30. The third-order valence-electron chi connectivity index (χ3n) is 4.21. The van der Waals surface area contributed by atoms with Gasteiger partial charge in [-0.3, -0.25) is 9.69 Å². The fourth-order valence-corrected chi connectivity index (χ4v) is 3.57. The fourth-order valence-electron chi connectivity index (χ4n) is 2.80. The van der Waals surface area contributed by atoms with Crippen molar-refractivity contribution in [3.05, 3.63) is 58.5 Å². The van der Waals surface area contributed by atoms with Crippen LogP contribution in [0.25, 0.3) is 5.69 Å². The Balaban J connectivity index is 1.64. The van der Waals surface area contributed by atoms with E-state index in [-0.39, 0.29) is 12.5 Å². The molecule has 3 amide bonds. The lowest BCUT2D eigenvalue weighted by molar-refractivity contribution is -0.131. The van der Waals surface area contributed by atoms with Gasteiger partial charge < -0.3 is 5.32 Å². The van der Waals surface area contributed by atoms with Crippen LogP contribution in [0.2, 0.25) is 0 Å². The summed E-state index contributed by atoms with van der Waals surface area (Å²) in [5, 5.41) is 18.1. The lowest BCUT2D eigenvalue weighted by Gasteiger charge is -2.20. The van der Waals surface area contributed by atoms with Crippen molar-refractivity contribution in [2.45, 2.75) is 19.0 Å². The van der Waals surface area contributed by atoms with E-state index < -0.39 is 11.6 Å². The zero-order valence-corrected chi connectivity index (χ0v) is 14.1. The Kier molecular flexibility index (Phi) is 3.57. The maximum absolute atomic E-state index is 12.9. The van der Waals surface area contributed by atoms with Crippen molar-refractivity contribution in [3.63, 3.8) is 0 Å². The molecule has 3 aromatic rings. The Hall–Kier alpha value is -3.07. The van der Waals surface area contributed by atoms with E-state index in [9.17, 15) is 9.59 Å². The van der Waals surface area contributed by atoms with Gasteiger partial charge >= 0.3 is 6.03 Å². The molecule has 0 saturated carbocycles. The first-order valence-electron chi connectivity index (χ1n) is 7.59. The second kappa shape index (κ2) is 5.78. The number of hydrogen-bond acceptors (Lipinski definition) is 6. The molecule has 1 aliphatic rings. The molecule has 3 heterocycles. The summed E-state index contributed by atoms with van der Waals surface area (Å²) in [5.74, 6) is 0.0859. The fraction of sp³-hybridized carbons (Fsp3) is 0.188. The molecule has 9 heteroatoms. The molecule has 126 valence electrons. The number of nitrogens with one attached hydrogen (secondary N) is 1. The molecule has 0 unspecified atom stereocenters. The molecule has 8 nitrogen and oxygen atoms in total. The number of rotatable bonds is 4. The van der Waals surface area contributed by atoms with Gasteiger partial charge in [0.25, 0.3) is 5.91 Å². The number of thiophene rings is 1. The Morgan fingerprint density at radius 1 is 1.20 bits per heavy atom. The first-order chi connectivity index (χ1) is 12.1. The molecular weight excluding hydrogens is 340 g/mol. The number of para-hydroxylation sites is 1. The summed E-state index contributed by atoms with van der Waals surface area (Å²) in [7, 11) is 0. The number of aromatic nitrogens is 4. The molecule has 4 rings (SSSR count). The largest absolute Gasteiger partial charge is 0.325 e. The molecule has 1 aromatic carbocycles. The summed E-state index contributed by atoms with van der Waals surface area (Å²) in [6.45, 7) is 1.70. The van der Waals surface area contributed by atoms with Gasteiger partial charge in [0.05, 0.1) is 12.2 Å². The highest BCUT2D eigenvalue weighted by atomic mass is 32.1. The van der Waals surface area contributed by atoms with E-state index in [1.54, 1.807) is 6.92 Å². The highest BCUT2D eigenvalue weighted by molar-refractivity contribution is 7.08. The predicted octanol–water partition coefficient (Wildman–Crippen LogP) is 1.69. The van der Waals surface area contributed by atoms with Crippen LogP contribution in [0, 0.1) is 0 Å². The lowest BCUT2D eigenvalue weighted by Crippen LogP contribution is -2.40. The average Bonchev–Trinajstić information content (AvgIpc) is 3.34. The zero-order chi connectivity index (χ0) is 17.4. The van der Waals surface area contributed by atoms with E-state index >= 15 is 0 Å². The lowest BCUT2D eigenvalue weighted by atomic mass is 9.95. The molecule has 0 bridgehead atoms. The number of carbonyl (C=O) groups is 2. The summed E-state index contributed by atoms with van der Waals surface area (Å²) in [6, 6.07) is 10.7. The van der Waals surface area contributed by atoms with Crippen LogP contribution in [0.5, 0.6) is 0 Å². The third kappa shape index (κ3) is 2.49. The quantitative estimate of drug-likeness (QED) is 0.720. The number of nitrogens with zero attached hydrogens (tertiary/aromatic N) is 5. The molecule has 25 heavy (non-hydrogen) atoms. The van der Waals surface area contributed by atoms with Crippen LogP contribution in [0.4, 0.5) is 4.79 Å². The Labute approximate surface area is 147 Å². The van der Waals surface area contributed by atoms with Gasteiger partial charge in [-0.1, -0.05) is 18.2 Å². The van der Waals surface area contributed by atoms with E-state index in [1.165, 1.54) is 16.0 Å². The summed E-state index contributed by atoms with van der Waals surface area (Å²) >= 11 is 1.48. The van der Waals surface area contributed by atoms with Crippen LogP contribution in [-0.4, -0.2) is 37.0 Å². The maximum atomic E-state index is 12.9. The van der Waals surface area contributed by atoms with Gasteiger partial charge in [-0.15, -0.1) is 5.10 Å². The summed E-state index contributed by atoms with van der Waals surface area (Å²) in [6.07, 6.45) is 0. The first kappa shape index (κ1) is 15.5.